The van der Waals surface area contributed by atoms with Crippen molar-refractivity contribution in [2.24, 2.45) is 0 Å². The van der Waals surface area contributed by atoms with Crippen LogP contribution in [0.5, 0.6) is 0 Å². The number of benzene rings is 1. The predicted molar refractivity (Wildman–Crippen MR) is 63.4 cm³/mol. The lowest BCUT2D eigenvalue weighted by Crippen LogP contribution is -2.27. The number of hydrogen-bond donors (Lipinski definition) is 2. The lowest BCUT2D eigenvalue weighted by molar-refractivity contribution is -0.384. The van der Waals surface area contributed by atoms with Crippen LogP contribution in [0.15, 0.2) is 18.2 Å². The molecule has 1 rings (SSSR count). The average Bonchev–Trinajstić information content (AvgIpc) is 2.14. The number of carbonyl (C=O) groups is 1. The second-order valence-corrected chi connectivity index (χ2v) is 4.67. The van der Waals surface area contributed by atoms with Crippen molar-refractivity contribution in [2.75, 3.05) is 5.32 Å². The Kier molecular flexibility index (Phi) is 3.36. The summed E-state index contributed by atoms with van der Waals surface area (Å²) in [6.07, 6.45) is 0. The molecule has 0 saturated heterocycles. The van der Waals surface area contributed by atoms with Gasteiger partial charge in [0.15, 0.2) is 0 Å². The summed E-state index contributed by atoms with van der Waals surface area (Å²) in [7, 11) is 0. The molecule has 0 bridgehead atoms. The third-order valence-corrected chi connectivity index (χ3v) is 1.95. The highest BCUT2D eigenvalue weighted by atomic mass is 16.6. The van der Waals surface area contributed by atoms with Crippen LogP contribution in [-0.4, -0.2) is 21.5 Å². The maximum atomic E-state index is 11.0. The first kappa shape index (κ1) is 13.0. The lowest BCUT2D eigenvalue weighted by atomic mass is 10.1. The summed E-state index contributed by atoms with van der Waals surface area (Å²) in [5.41, 5.74) is -0.245. The molecular weight excluding hydrogens is 224 g/mol. The third-order valence-electron chi connectivity index (χ3n) is 1.95. The van der Waals surface area contributed by atoms with Crippen molar-refractivity contribution in [1.82, 2.24) is 0 Å². The number of carboxylic acids is 1. The molecule has 17 heavy (non-hydrogen) atoms. The molecule has 0 aliphatic carbocycles. The van der Waals surface area contributed by atoms with Gasteiger partial charge in [-0.15, -0.1) is 0 Å². The van der Waals surface area contributed by atoms with Gasteiger partial charge in [-0.3, -0.25) is 10.1 Å². The number of non-ortho nitro benzene ring substituents is 1. The summed E-state index contributed by atoms with van der Waals surface area (Å²) in [5.74, 6) is -1.12. The van der Waals surface area contributed by atoms with Gasteiger partial charge in [-0.25, -0.2) is 4.79 Å². The number of aromatic carboxylic acids is 1. The Labute approximate surface area is 98.4 Å². The zero-order valence-corrected chi connectivity index (χ0v) is 9.85. The molecule has 0 unspecified atom stereocenters. The summed E-state index contributed by atoms with van der Waals surface area (Å²) in [5, 5.41) is 22.6. The minimum Gasteiger partial charge on any atom is -0.478 e. The number of nitro groups is 1. The van der Waals surface area contributed by atoms with Crippen LogP contribution in [0, 0.1) is 10.1 Å². The number of carboxylic acid groups (broad SMARTS) is 1. The van der Waals surface area contributed by atoms with E-state index in [-0.39, 0.29) is 22.5 Å². The van der Waals surface area contributed by atoms with E-state index in [1.807, 2.05) is 20.8 Å². The van der Waals surface area contributed by atoms with Crippen LogP contribution in [0.2, 0.25) is 0 Å². The van der Waals surface area contributed by atoms with E-state index in [9.17, 15) is 14.9 Å². The number of nitrogens with zero attached hydrogens (tertiary/aromatic N) is 1. The fourth-order valence-electron chi connectivity index (χ4n) is 1.34. The van der Waals surface area contributed by atoms with Crippen LogP contribution in [0.3, 0.4) is 0 Å². The van der Waals surface area contributed by atoms with E-state index in [1.165, 1.54) is 18.2 Å². The molecule has 0 spiro atoms. The lowest BCUT2D eigenvalue weighted by Gasteiger charge is -2.23. The normalized spacial score (nSPS) is 11.0. The fraction of sp³-hybridized carbons (Fsp3) is 0.364. The van der Waals surface area contributed by atoms with Crippen molar-refractivity contribution in [3.63, 3.8) is 0 Å². The summed E-state index contributed by atoms with van der Waals surface area (Å²) in [6.45, 7) is 5.53. The summed E-state index contributed by atoms with van der Waals surface area (Å²) in [4.78, 5) is 21.1. The SMILES string of the molecule is CC(C)(C)Nc1cc([N+](=O)[O-])ccc1C(=O)O. The van der Waals surface area contributed by atoms with Gasteiger partial charge in [0, 0.05) is 17.7 Å². The van der Waals surface area contributed by atoms with Crippen molar-refractivity contribution in [3.05, 3.63) is 33.9 Å². The van der Waals surface area contributed by atoms with E-state index in [0.29, 0.717) is 0 Å². The summed E-state index contributed by atoms with van der Waals surface area (Å²) >= 11 is 0. The highest BCUT2D eigenvalue weighted by Crippen LogP contribution is 2.25. The second-order valence-electron chi connectivity index (χ2n) is 4.67. The minimum atomic E-state index is -1.12. The Hall–Kier alpha value is -2.11. The molecule has 0 saturated carbocycles. The van der Waals surface area contributed by atoms with Crippen molar-refractivity contribution < 1.29 is 14.8 Å². The molecule has 92 valence electrons. The van der Waals surface area contributed by atoms with Crippen LogP contribution < -0.4 is 5.32 Å². The van der Waals surface area contributed by atoms with E-state index >= 15 is 0 Å². The van der Waals surface area contributed by atoms with Crippen LogP contribution >= 0.6 is 0 Å². The van der Waals surface area contributed by atoms with Crippen LogP contribution in [0.25, 0.3) is 0 Å². The number of hydrogen-bond acceptors (Lipinski definition) is 4. The molecule has 6 nitrogen and oxygen atoms in total. The Balaban J connectivity index is 3.25. The Morgan fingerprint density at radius 1 is 1.41 bits per heavy atom. The molecule has 0 radical (unpaired) electrons. The third kappa shape index (κ3) is 3.44. The van der Waals surface area contributed by atoms with Crippen LogP contribution in [0.1, 0.15) is 31.1 Å². The highest BCUT2D eigenvalue weighted by Gasteiger charge is 2.19. The van der Waals surface area contributed by atoms with E-state index in [0.717, 1.165) is 0 Å². The van der Waals surface area contributed by atoms with Gasteiger partial charge in [-0.05, 0) is 26.8 Å². The second kappa shape index (κ2) is 4.40. The molecular formula is C11H14N2O4. The van der Waals surface area contributed by atoms with E-state index in [2.05, 4.69) is 5.32 Å². The van der Waals surface area contributed by atoms with Gasteiger partial charge >= 0.3 is 5.97 Å². The van der Waals surface area contributed by atoms with Crippen LogP contribution in [0.4, 0.5) is 11.4 Å². The fourth-order valence-corrected chi connectivity index (χ4v) is 1.34. The maximum absolute atomic E-state index is 11.0. The predicted octanol–water partition coefficient (Wildman–Crippen LogP) is 2.50. The molecule has 0 aliphatic heterocycles. The standard InChI is InChI=1S/C11H14N2O4/c1-11(2,3)12-9-6-7(13(16)17)4-5-8(9)10(14)15/h4-6,12H,1-3H3,(H,14,15). The number of anilines is 1. The van der Waals surface area contributed by atoms with E-state index < -0.39 is 10.9 Å². The minimum absolute atomic E-state index is 0.0190. The zero-order valence-electron chi connectivity index (χ0n) is 9.85. The average molecular weight is 238 g/mol. The highest BCUT2D eigenvalue weighted by molar-refractivity contribution is 5.94. The quantitative estimate of drug-likeness (QED) is 0.623. The van der Waals surface area contributed by atoms with Crippen molar-refractivity contribution >= 4 is 17.3 Å². The van der Waals surface area contributed by atoms with Crippen molar-refractivity contribution in [2.45, 2.75) is 26.3 Å². The Morgan fingerprint density at radius 3 is 2.41 bits per heavy atom. The largest absolute Gasteiger partial charge is 0.478 e. The molecule has 1 aromatic rings. The molecule has 0 heterocycles. The van der Waals surface area contributed by atoms with Gasteiger partial charge in [0.1, 0.15) is 0 Å². The first-order chi connectivity index (χ1) is 7.70. The Morgan fingerprint density at radius 2 is 2.00 bits per heavy atom. The van der Waals surface area contributed by atoms with Crippen molar-refractivity contribution in [1.29, 1.82) is 0 Å². The Bertz CT molecular complexity index is 463. The van der Waals surface area contributed by atoms with Crippen LogP contribution in [-0.2, 0) is 0 Å². The monoisotopic (exact) mass is 238 g/mol. The van der Waals surface area contributed by atoms with E-state index in [4.69, 9.17) is 5.11 Å². The van der Waals surface area contributed by atoms with Gasteiger partial charge < -0.3 is 10.4 Å². The van der Waals surface area contributed by atoms with Gasteiger partial charge in [0.2, 0.25) is 0 Å². The molecule has 0 atom stereocenters. The molecule has 1 aromatic carbocycles. The first-order valence-corrected chi connectivity index (χ1v) is 5.00. The summed E-state index contributed by atoms with van der Waals surface area (Å²) in [6, 6.07) is 3.64. The van der Waals surface area contributed by atoms with E-state index in [1.54, 1.807) is 0 Å². The van der Waals surface area contributed by atoms with Crippen molar-refractivity contribution in [3.8, 4) is 0 Å². The topological polar surface area (TPSA) is 92.5 Å². The number of nitro benzene ring substituents is 1. The first-order valence-electron chi connectivity index (χ1n) is 5.00. The molecule has 0 aliphatic rings. The molecule has 0 amide bonds. The molecule has 0 fully saturated rings. The smallest absolute Gasteiger partial charge is 0.337 e. The summed E-state index contributed by atoms with van der Waals surface area (Å²) < 4.78 is 0. The molecule has 2 N–H and O–H groups in total. The molecule has 6 heteroatoms. The van der Waals surface area contributed by atoms with Gasteiger partial charge in [0.05, 0.1) is 16.2 Å². The number of nitrogens with one attached hydrogen (secondary N) is 1. The van der Waals surface area contributed by atoms with Gasteiger partial charge in [-0.1, -0.05) is 0 Å². The van der Waals surface area contributed by atoms with Gasteiger partial charge in [0.25, 0.3) is 5.69 Å². The maximum Gasteiger partial charge on any atom is 0.337 e. The zero-order chi connectivity index (χ0) is 13.2. The molecule has 0 aromatic heterocycles. The van der Waals surface area contributed by atoms with Gasteiger partial charge in [-0.2, -0.15) is 0 Å². The number of rotatable bonds is 3.